The number of ether oxygens (including phenoxy) is 1. The molecule has 1 atom stereocenters. The third kappa shape index (κ3) is 7.31. The van der Waals surface area contributed by atoms with Crippen molar-refractivity contribution in [3.63, 3.8) is 0 Å². The van der Waals surface area contributed by atoms with Crippen LogP contribution in [0.4, 0.5) is 16.2 Å². The lowest BCUT2D eigenvalue weighted by Gasteiger charge is -2.36. The number of amides is 7. The Morgan fingerprint density at radius 2 is 1.68 bits per heavy atom. The molecule has 17 nitrogen and oxygen atoms in total. The number of anilines is 2. The summed E-state index contributed by atoms with van der Waals surface area (Å²) in [5.74, 6) is -0.737. The van der Waals surface area contributed by atoms with E-state index in [4.69, 9.17) is 14.7 Å². The molecule has 3 fully saturated rings. The van der Waals surface area contributed by atoms with Gasteiger partial charge in [-0.25, -0.2) is 9.78 Å². The number of imidazole rings is 1. The van der Waals surface area contributed by atoms with Gasteiger partial charge in [0.05, 0.1) is 34.6 Å². The highest BCUT2D eigenvalue weighted by Crippen LogP contribution is 2.38. The average Bonchev–Trinajstić information content (AvgIpc) is 3.77. The van der Waals surface area contributed by atoms with Crippen molar-refractivity contribution in [3.05, 3.63) is 71.3 Å². The lowest BCUT2D eigenvalue weighted by molar-refractivity contribution is -0.136. The standard InChI is InChI=1S/C43H48N10O7/c1-26(54)51-20-21-52-35(25-51)38(48-39(52)27-11-22-60-23-12-27)30-10-15-45-33-24-28(6-7-29(30)33)49-16-18-50(19-17-49)43(59)46-14-3-13-44-32-5-2-4-31-37(32)42(58)53(41(31)57)34-8-9-36(55)47-40(34)56/h2,4-7,10,15,24,27,34,44H,3,8-9,11-14,16-23,25H2,1H3,(H,46,59)(H,47,55,56). The number of piperidine rings is 1. The van der Waals surface area contributed by atoms with Gasteiger partial charge in [-0.15, -0.1) is 0 Å². The lowest BCUT2D eigenvalue weighted by Crippen LogP contribution is -2.54. The molecule has 0 radical (unpaired) electrons. The van der Waals surface area contributed by atoms with E-state index in [9.17, 15) is 28.8 Å². The van der Waals surface area contributed by atoms with E-state index in [0.29, 0.717) is 70.4 Å². The molecule has 3 saturated heterocycles. The van der Waals surface area contributed by atoms with E-state index in [-0.39, 0.29) is 35.9 Å². The summed E-state index contributed by atoms with van der Waals surface area (Å²) in [7, 11) is 0. The van der Waals surface area contributed by atoms with E-state index in [1.54, 1.807) is 25.1 Å². The van der Waals surface area contributed by atoms with E-state index in [1.165, 1.54) is 0 Å². The van der Waals surface area contributed by atoms with Crippen molar-refractivity contribution >= 4 is 57.8 Å². The van der Waals surface area contributed by atoms with Gasteiger partial charge in [0.15, 0.2) is 0 Å². The van der Waals surface area contributed by atoms with Crippen LogP contribution in [0.2, 0.25) is 0 Å². The smallest absolute Gasteiger partial charge is 0.317 e. The Morgan fingerprint density at radius 1 is 0.883 bits per heavy atom. The number of rotatable bonds is 9. The van der Waals surface area contributed by atoms with Crippen LogP contribution in [-0.4, -0.2) is 130 Å². The number of pyridine rings is 1. The van der Waals surface area contributed by atoms with Crippen LogP contribution in [0.1, 0.15) is 77.2 Å². The van der Waals surface area contributed by atoms with Gasteiger partial charge in [-0.3, -0.25) is 39.2 Å². The van der Waals surface area contributed by atoms with Gasteiger partial charge in [0.2, 0.25) is 17.7 Å². The molecule has 0 saturated carbocycles. The summed E-state index contributed by atoms with van der Waals surface area (Å²) in [6.07, 6.45) is 4.40. The largest absolute Gasteiger partial charge is 0.384 e. The summed E-state index contributed by atoms with van der Waals surface area (Å²) in [6, 6.07) is 12.1. The average molecular weight is 817 g/mol. The topological polar surface area (TPSA) is 191 Å². The third-order valence-corrected chi connectivity index (χ3v) is 12.4. The Hall–Kier alpha value is -6.36. The zero-order valence-electron chi connectivity index (χ0n) is 33.6. The van der Waals surface area contributed by atoms with E-state index in [2.05, 4.69) is 43.6 Å². The summed E-state index contributed by atoms with van der Waals surface area (Å²) >= 11 is 0. The molecule has 2 aromatic heterocycles. The number of piperazine rings is 1. The number of carbonyl (C=O) groups is 6. The predicted molar refractivity (Wildman–Crippen MR) is 220 cm³/mol. The fourth-order valence-electron chi connectivity index (χ4n) is 9.14. The molecule has 2 aromatic carbocycles. The maximum atomic E-state index is 13.4. The number of carbonyl (C=O) groups excluding carboxylic acids is 6. The monoisotopic (exact) mass is 816 g/mol. The first-order valence-electron chi connectivity index (χ1n) is 20.8. The van der Waals surface area contributed by atoms with Crippen molar-refractivity contribution in [2.24, 2.45) is 0 Å². The Kier molecular flexibility index (Phi) is 10.7. The molecule has 7 heterocycles. The van der Waals surface area contributed by atoms with Crippen molar-refractivity contribution in [1.82, 2.24) is 39.9 Å². The fourth-order valence-corrected chi connectivity index (χ4v) is 9.14. The third-order valence-electron chi connectivity index (χ3n) is 12.4. The number of urea groups is 1. The van der Waals surface area contributed by atoms with Crippen LogP contribution in [0.3, 0.4) is 0 Å². The quantitative estimate of drug-likeness (QED) is 0.166. The van der Waals surface area contributed by atoms with E-state index < -0.39 is 29.7 Å². The van der Waals surface area contributed by atoms with Gasteiger partial charge >= 0.3 is 6.03 Å². The van der Waals surface area contributed by atoms with Gasteiger partial charge in [0, 0.05) is 113 Å². The molecule has 7 amide bonds. The summed E-state index contributed by atoms with van der Waals surface area (Å²) in [5.41, 5.74) is 5.75. The maximum absolute atomic E-state index is 13.4. The van der Waals surface area contributed by atoms with Crippen LogP contribution in [0.15, 0.2) is 48.7 Å². The highest BCUT2D eigenvalue weighted by atomic mass is 16.5. The molecular formula is C43H48N10O7. The minimum absolute atomic E-state index is 0.0536. The zero-order chi connectivity index (χ0) is 41.5. The molecule has 3 N–H and O–H groups in total. The van der Waals surface area contributed by atoms with Crippen LogP contribution in [0.5, 0.6) is 0 Å². The number of fused-ring (bicyclic) bond motifs is 3. The van der Waals surface area contributed by atoms with Crippen molar-refractivity contribution < 1.29 is 33.5 Å². The molecule has 60 heavy (non-hydrogen) atoms. The number of aromatic nitrogens is 3. The molecule has 17 heteroatoms. The molecule has 9 rings (SSSR count). The first-order chi connectivity index (χ1) is 29.2. The number of hydrogen-bond donors (Lipinski definition) is 3. The fraction of sp³-hybridized carbons (Fsp3) is 0.442. The van der Waals surface area contributed by atoms with Gasteiger partial charge in [-0.1, -0.05) is 12.1 Å². The molecule has 1 unspecified atom stereocenters. The van der Waals surface area contributed by atoms with Crippen LogP contribution in [0.25, 0.3) is 22.2 Å². The van der Waals surface area contributed by atoms with Gasteiger partial charge in [0.25, 0.3) is 11.8 Å². The summed E-state index contributed by atoms with van der Waals surface area (Å²) in [6.45, 7) is 8.24. The van der Waals surface area contributed by atoms with Crippen molar-refractivity contribution in [1.29, 1.82) is 0 Å². The minimum Gasteiger partial charge on any atom is -0.384 e. The number of hydrogen-bond acceptors (Lipinski definition) is 11. The molecule has 312 valence electrons. The van der Waals surface area contributed by atoms with Gasteiger partial charge in [-0.2, -0.15) is 0 Å². The van der Waals surface area contributed by atoms with Crippen LogP contribution < -0.4 is 20.9 Å². The van der Waals surface area contributed by atoms with E-state index in [0.717, 1.165) is 76.9 Å². The molecule has 0 aliphatic carbocycles. The molecule has 5 aliphatic rings. The SMILES string of the molecule is CC(=O)N1CCn2c(C3CCOCC3)nc(-c3ccnc4cc(N5CCN(C(=O)NCCCNc6cccc7c6C(=O)N(C6CCC(=O)NC6=O)C7=O)CC5)ccc34)c2C1. The second-order valence-electron chi connectivity index (χ2n) is 16.0. The second-order valence-corrected chi connectivity index (χ2v) is 16.0. The van der Waals surface area contributed by atoms with Gasteiger partial charge in [0.1, 0.15) is 11.9 Å². The molecular weight excluding hydrogens is 769 g/mol. The summed E-state index contributed by atoms with van der Waals surface area (Å²) in [5, 5.41) is 9.43. The first-order valence-corrected chi connectivity index (χ1v) is 20.8. The molecule has 0 bridgehead atoms. The number of nitrogens with one attached hydrogen (secondary N) is 3. The number of imide groups is 2. The van der Waals surface area contributed by atoms with Gasteiger partial charge < -0.3 is 34.6 Å². The highest BCUT2D eigenvalue weighted by molar-refractivity contribution is 6.25. The van der Waals surface area contributed by atoms with E-state index >= 15 is 0 Å². The van der Waals surface area contributed by atoms with E-state index in [1.807, 2.05) is 22.1 Å². The van der Waals surface area contributed by atoms with Crippen LogP contribution in [-0.2, 0) is 32.2 Å². The predicted octanol–water partition coefficient (Wildman–Crippen LogP) is 3.09. The maximum Gasteiger partial charge on any atom is 0.317 e. The van der Waals surface area contributed by atoms with Crippen LogP contribution >= 0.6 is 0 Å². The normalized spacial score (nSPS) is 19.7. The number of nitrogens with zero attached hydrogens (tertiary/aromatic N) is 7. The molecule has 4 aromatic rings. The Bertz CT molecular complexity index is 2400. The van der Waals surface area contributed by atoms with Crippen molar-refractivity contribution in [3.8, 4) is 11.3 Å². The van der Waals surface area contributed by atoms with Crippen molar-refractivity contribution in [2.75, 3.05) is 69.2 Å². The summed E-state index contributed by atoms with van der Waals surface area (Å²) < 4.78 is 7.99. The lowest BCUT2D eigenvalue weighted by atomic mass is 9.99. The first kappa shape index (κ1) is 39.1. The van der Waals surface area contributed by atoms with Crippen LogP contribution in [0, 0.1) is 0 Å². The Balaban J connectivity index is 0.794. The zero-order valence-corrected chi connectivity index (χ0v) is 33.6. The second kappa shape index (κ2) is 16.4. The summed E-state index contributed by atoms with van der Waals surface area (Å²) in [4.78, 5) is 93.1. The number of benzene rings is 2. The molecule has 5 aliphatic heterocycles. The minimum atomic E-state index is -1.03. The molecule has 0 spiro atoms. The highest BCUT2D eigenvalue weighted by Gasteiger charge is 2.45. The Labute approximate surface area is 346 Å². The Morgan fingerprint density at radius 3 is 2.47 bits per heavy atom. The van der Waals surface area contributed by atoms with Gasteiger partial charge in [-0.05, 0) is 56.0 Å². The van der Waals surface area contributed by atoms with Crippen molar-refractivity contribution in [2.45, 2.75) is 64.1 Å².